The lowest BCUT2D eigenvalue weighted by Gasteiger charge is -2.31. The lowest BCUT2D eigenvalue weighted by molar-refractivity contribution is 0.196. The smallest absolute Gasteiger partial charge is 0.123 e. The Morgan fingerprint density at radius 2 is 1.61 bits per heavy atom. The van der Waals surface area contributed by atoms with E-state index in [1.807, 2.05) is 0 Å². The molecule has 1 rings (SSSR count). The van der Waals surface area contributed by atoms with Crippen LogP contribution in [0.3, 0.4) is 0 Å². The highest BCUT2D eigenvalue weighted by Gasteiger charge is 2.29. The molecular formula is C20H35NO2. The highest BCUT2D eigenvalue weighted by molar-refractivity contribution is 5.54. The van der Waals surface area contributed by atoms with Gasteiger partial charge in [-0.3, -0.25) is 4.90 Å². The second-order valence-corrected chi connectivity index (χ2v) is 8.52. The predicted octanol–water partition coefficient (Wildman–Crippen LogP) is 4.11. The highest BCUT2D eigenvalue weighted by atomic mass is 16.3. The van der Waals surface area contributed by atoms with Crippen LogP contribution in [0.15, 0.2) is 6.07 Å². The quantitative estimate of drug-likeness (QED) is 0.858. The van der Waals surface area contributed by atoms with Crippen molar-refractivity contribution in [2.75, 3.05) is 19.7 Å². The van der Waals surface area contributed by atoms with E-state index in [1.54, 1.807) is 0 Å². The van der Waals surface area contributed by atoms with Crippen LogP contribution in [0.25, 0.3) is 0 Å². The van der Waals surface area contributed by atoms with Gasteiger partial charge < -0.3 is 10.2 Å². The number of phenols is 1. The average Bonchev–Trinajstić information content (AvgIpc) is 2.37. The lowest BCUT2D eigenvalue weighted by atomic mass is 9.76. The lowest BCUT2D eigenvalue weighted by Crippen LogP contribution is -2.28. The fourth-order valence-electron chi connectivity index (χ4n) is 3.21. The first kappa shape index (κ1) is 20.0. The van der Waals surface area contributed by atoms with E-state index >= 15 is 0 Å². The molecular weight excluding hydrogens is 286 g/mol. The first-order valence-electron chi connectivity index (χ1n) is 8.63. The summed E-state index contributed by atoms with van der Waals surface area (Å²) in [6.07, 6.45) is 0. The molecule has 0 aliphatic heterocycles. The van der Waals surface area contributed by atoms with Gasteiger partial charge in [0.05, 0.1) is 6.61 Å². The number of hydrogen-bond donors (Lipinski definition) is 2. The summed E-state index contributed by atoms with van der Waals surface area (Å²) in [6.45, 7) is 19.6. The monoisotopic (exact) mass is 321 g/mol. The zero-order chi connectivity index (χ0) is 18.0. The number of phenolic OH excluding ortho intramolecular Hbond substituents is 1. The molecule has 0 heterocycles. The molecule has 132 valence electrons. The summed E-state index contributed by atoms with van der Waals surface area (Å²) in [6, 6.07) is 2.15. The number of aliphatic hydroxyl groups is 1. The molecule has 1 aromatic rings. The van der Waals surface area contributed by atoms with Crippen molar-refractivity contribution in [3.8, 4) is 5.75 Å². The van der Waals surface area contributed by atoms with Crippen LogP contribution in [-0.4, -0.2) is 34.8 Å². The van der Waals surface area contributed by atoms with Crippen LogP contribution >= 0.6 is 0 Å². The van der Waals surface area contributed by atoms with Crippen LogP contribution in [0.1, 0.15) is 70.7 Å². The SMILES string of the molecule is CCN(CCO)Cc1cc(C(C)(C)C)c(O)c(C(C)(C)C)c1C. The Morgan fingerprint density at radius 1 is 1.04 bits per heavy atom. The third-order valence-corrected chi connectivity index (χ3v) is 4.48. The number of likely N-dealkylation sites (N-methyl/N-ethyl adjacent to an activating group) is 1. The zero-order valence-corrected chi connectivity index (χ0v) is 16.2. The van der Waals surface area contributed by atoms with Crippen LogP contribution in [0.5, 0.6) is 5.75 Å². The van der Waals surface area contributed by atoms with E-state index in [1.165, 1.54) is 11.1 Å². The Balaban J connectivity index is 3.52. The molecule has 0 bridgehead atoms. The first-order valence-corrected chi connectivity index (χ1v) is 8.63. The van der Waals surface area contributed by atoms with E-state index in [0.29, 0.717) is 12.3 Å². The highest BCUT2D eigenvalue weighted by Crippen LogP contribution is 2.42. The molecule has 3 heteroatoms. The standard InChI is InChI=1S/C20H35NO2/c1-9-21(10-11-22)13-15-12-16(19(3,4)5)18(23)17(14(15)2)20(6,7)8/h12,22-23H,9-11,13H2,1-8H3. The number of aromatic hydroxyl groups is 1. The second kappa shape index (κ2) is 7.23. The van der Waals surface area contributed by atoms with Crippen LogP contribution in [0, 0.1) is 6.92 Å². The molecule has 2 N–H and O–H groups in total. The van der Waals surface area contributed by atoms with Crippen molar-refractivity contribution in [2.24, 2.45) is 0 Å². The van der Waals surface area contributed by atoms with E-state index in [4.69, 9.17) is 0 Å². The van der Waals surface area contributed by atoms with Gasteiger partial charge in [0.15, 0.2) is 0 Å². The Bertz CT molecular complexity index is 536. The van der Waals surface area contributed by atoms with Gasteiger partial charge in [-0.25, -0.2) is 0 Å². The van der Waals surface area contributed by atoms with Crippen molar-refractivity contribution in [1.82, 2.24) is 4.90 Å². The van der Waals surface area contributed by atoms with Gasteiger partial charge in [0.2, 0.25) is 0 Å². The van der Waals surface area contributed by atoms with Gasteiger partial charge in [-0.1, -0.05) is 54.5 Å². The normalized spacial score (nSPS) is 13.0. The molecule has 0 unspecified atom stereocenters. The summed E-state index contributed by atoms with van der Waals surface area (Å²) in [4.78, 5) is 2.23. The van der Waals surface area contributed by atoms with Crippen molar-refractivity contribution >= 4 is 0 Å². The molecule has 3 nitrogen and oxygen atoms in total. The topological polar surface area (TPSA) is 43.7 Å². The van der Waals surface area contributed by atoms with Gasteiger partial charge >= 0.3 is 0 Å². The van der Waals surface area contributed by atoms with Crippen molar-refractivity contribution in [3.05, 3.63) is 28.3 Å². The minimum Gasteiger partial charge on any atom is -0.507 e. The number of nitrogens with zero attached hydrogens (tertiary/aromatic N) is 1. The molecule has 0 atom stereocenters. The fourth-order valence-corrected chi connectivity index (χ4v) is 3.21. The molecule has 0 radical (unpaired) electrons. The van der Waals surface area contributed by atoms with E-state index in [9.17, 15) is 10.2 Å². The minimum absolute atomic E-state index is 0.111. The largest absolute Gasteiger partial charge is 0.507 e. The molecule has 1 aromatic carbocycles. The summed E-state index contributed by atoms with van der Waals surface area (Å²) in [5.41, 5.74) is 4.23. The Labute approximate surface area is 142 Å². The molecule has 0 fully saturated rings. The van der Waals surface area contributed by atoms with E-state index < -0.39 is 0 Å². The molecule has 0 aliphatic rings. The molecule has 0 amide bonds. The number of aliphatic hydroxyl groups excluding tert-OH is 1. The molecule has 0 saturated carbocycles. The van der Waals surface area contributed by atoms with Gasteiger partial charge in [-0.15, -0.1) is 0 Å². The summed E-state index contributed by atoms with van der Waals surface area (Å²) >= 11 is 0. The summed E-state index contributed by atoms with van der Waals surface area (Å²) < 4.78 is 0. The number of rotatable bonds is 5. The fraction of sp³-hybridized carbons (Fsp3) is 0.700. The zero-order valence-electron chi connectivity index (χ0n) is 16.2. The number of benzene rings is 1. The maximum atomic E-state index is 10.9. The molecule has 23 heavy (non-hydrogen) atoms. The van der Waals surface area contributed by atoms with Crippen LogP contribution in [-0.2, 0) is 17.4 Å². The van der Waals surface area contributed by atoms with Crippen LogP contribution in [0.2, 0.25) is 0 Å². The van der Waals surface area contributed by atoms with Crippen molar-refractivity contribution in [2.45, 2.75) is 72.8 Å². The van der Waals surface area contributed by atoms with Crippen molar-refractivity contribution in [3.63, 3.8) is 0 Å². The summed E-state index contributed by atoms with van der Waals surface area (Å²) in [5.74, 6) is 0.441. The third kappa shape index (κ3) is 4.71. The van der Waals surface area contributed by atoms with E-state index in [2.05, 4.69) is 66.4 Å². The maximum absolute atomic E-state index is 10.9. The molecule has 0 aromatic heterocycles. The van der Waals surface area contributed by atoms with Gasteiger partial charge in [0.25, 0.3) is 0 Å². The Morgan fingerprint density at radius 3 is 2.00 bits per heavy atom. The molecule has 0 saturated heterocycles. The second-order valence-electron chi connectivity index (χ2n) is 8.52. The van der Waals surface area contributed by atoms with E-state index in [0.717, 1.165) is 24.2 Å². The van der Waals surface area contributed by atoms with Crippen molar-refractivity contribution < 1.29 is 10.2 Å². The maximum Gasteiger partial charge on any atom is 0.123 e. The van der Waals surface area contributed by atoms with Gasteiger partial charge in [0, 0.05) is 18.7 Å². The van der Waals surface area contributed by atoms with Gasteiger partial charge in [0.1, 0.15) is 5.75 Å². The third-order valence-electron chi connectivity index (χ3n) is 4.48. The van der Waals surface area contributed by atoms with Gasteiger partial charge in [-0.2, -0.15) is 0 Å². The minimum atomic E-state index is -0.113. The molecule has 0 spiro atoms. The number of hydrogen-bond acceptors (Lipinski definition) is 3. The summed E-state index contributed by atoms with van der Waals surface area (Å²) in [5, 5.41) is 20.2. The Hall–Kier alpha value is -1.06. The Kier molecular flexibility index (Phi) is 6.28. The van der Waals surface area contributed by atoms with Crippen molar-refractivity contribution in [1.29, 1.82) is 0 Å². The summed E-state index contributed by atoms with van der Waals surface area (Å²) in [7, 11) is 0. The van der Waals surface area contributed by atoms with Gasteiger partial charge in [-0.05, 0) is 41.0 Å². The van der Waals surface area contributed by atoms with E-state index in [-0.39, 0.29) is 17.4 Å². The van der Waals surface area contributed by atoms with Crippen LogP contribution < -0.4 is 0 Å². The predicted molar refractivity (Wildman–Crippen MR) is 98.3 cm³/mol. The van der Waals surface area contributed by atoms with Crippen LogP contribution in [0.4, 0.5) is 0 Å². The molecule has 0 aliphatic carbocycles. The average molecular weight is 322 g/mol. The first-order chi connectivity index (χ1) is 10.4.